The van der Waals surface area contributed by atoms with Gasteiger partial charge in [-0.3, -0.25) is 4.55 Å². The molecule has 0 amide bonds. The molecular formula is C12H18O6S. The Balaban J connectivity index is 3.48. The van der Waals surface area contributed by atoms with E-state index in [2.05, 4.69) is 0 Å². The maximum absolute atomic E-state index is 11.3. The summed E-state index contributed by atoms with van der Waals surface area (Å²) in [7, 11) is -4.39. The fraction of sp³-hybridized carbons (Fsp3) is 0.500. The van der Waals surface area contributed by atoms with Crippen LogP contribution in [-0.4, -0.2) is 32.8 Å². The van der Waals surface area contributed by atoms with Crippen molar-refractivity contribution >= 4 is 10.1 Å². The highest BCUT2D eigenvalue weighted by molar-refractivity contribution is 7.86. The summed E-state index contributed by atoms with van der Waals surface area (Å²) in [6.07, 6.45) is 0. The third-order valence-corrected chi connectivity index (χ3v) is 3.07. The minimum absolute atomic E-state index is 0.0298. The van der Waals surface area contributed by atoms with Crippen LogP contribution >= 0.6 is 0 Å². The average Bonchev–Trinajstić information content (AvgIpc) is 2.32. The van der Waals surface area contributed by atoms with Crippen LogP contribution in [0.4, 0.5) is 0 Å². The van der Waals surface area contributed by atoms with Crippen molar-refractivity contribution in [3.05, 3.63) is 12.1 Å². The fourth-order valence-electron chi connectivity index (χ4n) is 1.56. The summed E-state index contributed by atoms with van der Waals surface area (Å²) < 4.78 is 47.9. The lowest BCUT2D eigenvalue weighted by Crippen LogP contribution is -2.08. The molecule has 0 aliphatic rings. The van der Waals surface area contributed by atoms with Crippen LogP contribution in [0.1, 0.15) is 20.8 Å². The lowest BCUT2D eigenvalue weighted by atomic mass is 10.3. The third kappa shape index (κ3) is 3.74. The Bertz CT molecular complexity index is 523. The Labute approximate surface area is 113 Å². The lowest BCUT2D eigenvalue weighted by molar-refractivity contribution is 0.255. The second kappa shape index (κ2) is 6.63. The number of benzene rings is 1. The largest absolute Gasteiger partial charge is 0.490 e. The first-order valence-electron chi connectivity index (χ1n) is 5.98. The molecule has 6 nitrogen and oxygen atoms in total. The summed E-state index contributed by atoms with van der Waals surface area (Å²) in [5, 5.41) is 0. The maximum atomic E-state index is 11.3. The van der Waals surface area contributed by atoms with Gasteiger partial charge in [-0.05, 0) is 32.9 Å². The summed E-state index contributed by atoms with van der Waals surface area (Å²) in [5.41, 5.74) is 0. The van der Waals surface area contributed by atoms with Crippen LogP contribution < -0.4 is 14.2 Å². The molecule has 0 heterocycles. The van der Waals surface area contributed by atoms with E-state index < -0.39 is 10.1 Å². The van der Waals surface area contributed by atoms with Crippen molar-refractivity contribution in [3.8, 4) is 17.2 Å². The minimum atomic E-state index is -4.39. The molecule has 0 aromatic heterocycles. The molecule has 7 heteroatoms. The van der Waals surface area contributed by atoms with Gasteiger partial charge in [0.15, 0.2) is 11.5 Å². The highest BCUT2D eigenvalue weighted by atomic mass is 32.2. The van der Waals surface area contributed by atoms with E-state index in [1.165, 1.54) is 12.1 Å². The molecule has 0 bridgehead atoms. The second-order valence-corrected chi connectivity index (χ2v) is 4.88. The molecule has 108 valence electrons. The van der Waals surface area contributed by atoms with Crippen LogP contribution in [0.2, 0.25) is 0 Å². The highest BCUT2D eigenvalue weighted by Gasteiger charge is 2.24. The summed E-state index contributed by atoms with van der Waals surface area (Å²) in [6, 6.07) is 2.66. The predicted octanol–water partition coefficient (Wildman–Crippen LogP) is 2.13. The molecule has 1 aromatic carbocycles. The van der Waals surface area contributed by atoms with Crippen LogP contribution in [0.15, 0.2) is 17.0 Å². The van der Waals surface area contributed by atoms with Crippen molar-refractivity contribution in [1.29, 1.82) is 0 Å². The highest BCUT2D eigenvalue weighted by Crippen LogP contribution is 2.42. The van der Waals surface area contributed by atoms with E-state index in [0.717, 1.165) is 0 Å². The summed E-state index contributed by atoms with van der Waals surface area (Å²) >= 11 is 0. The molecule has 0 spiro atoms. The second-order valence-electron chi connectivity index (χ2n) is 3.49. The molecule has 0 fully saturated rings. The smallest absolute Gasteiger partial charge is 0.298 e. The van der Waals surface area contributed by atoms with Crippen molar-refractivity contribution < 1.29 is 27.2 Å². The number of ether oxygens (including phenoxy) is 3. The molecule has 1 rings (SSSR count). The SMILES string of the molecule is CCOc1ccc(S(=O)(=O)O)c(OCC)c1OCC. The zero-order valence-corrected chi connectivity index (χ0v) is 12.0. The van der Waals surface area contributed by atoms with E-state index in [9.17, 15) is 13.0 Å². The normalized spacial score (nSPS) is 11.2. The van der Waals surface area contributed by atoms with Gasteiger partial charge in [0, 0.05) is 0 Å². The Kier molecular flexibility index (Phi) is 5.44. The van der Waals surface area contributed by atoms with E-state index in [1.54, 1.807) is 20.8 Å². The Morgan fingerprint density at radius 1 is 0.947 bits per heavy atom. The van der Waals surface area contributed by atoms with Crippen molar-refractivity contribution in [1.82, 2.24) is 0 Å². The van der Waals surface area contributed by atoms with Crippen molar-refractivity contribution in [2.45, 2.75) is 25.7 Å². The topological polar surface area (TPSA) is 82.1 Å². The minimum Gasteiger partial charge on any atom is -0.490 e. The molecule has 0 saturated heterocycles. The Morgan fingerprint density at radius 2 is 1.47 bits per heavy atom. The van der Waals surface area contributed by atoms with Gasteiger partial charge in [-0.25, -0.2) is 0 Å². The zero-order valence-electron chi connectivity index (χ0n) is 11.2. The lowest BCUT2D eigenvalue weighted by Gasteiger charge is -2.17. The predicted molar refractivity (Wildman–Crippen MR) is 69.8 cm³/mol. The Hall–Kier alpha value is -1.47. The van der Waals surface area contributed by atoms with Crippen molar-refractivity contribution in [2.75, 3.05) is 19.8 Å². The molecule has 1 N–H and O–H groups in total. The molecule has 0 aliphatic heterocycles. The van der Waals surface area contributed by atoms with Gasteiger partial charge >= 0.3 is 0 Å². The van der Waals surface area contributed by atoms with Crippen molar-refractivity contribution in [2.24, 2.45) is 0 Å². The molecule has 0 aliphatic carbocycles. The summed E-state index contributed by atoms with van der Waals surface area (Å²) in [5.74, 6) is 0.527. The standard InChI is InChI=1S/C12H18O6S/c1-4-16-9-7-8-10(19(13,14)15)12(18-6-3)11(9)17-5-2/h7-8H,4-6H2,1-3H3,(H,13,14,15). The Morgan fingerprint density at radius 3 is 1.95 bits per heavy atom. The molecule has 0 atom stereocenters. The van der Waals surface area contributed by atoms with Crippen LogP contribution in [0.3, 0.4) is 0 Å². The maximum Gasteiger partial charge on any atom is 0.298 e. The first-order valence-corrected chi connectivity index (χ1v) is 7.42. The van der Waals surface area contributed by atoms with Gasteiger partial charge in [-0.2, -0.15) is 8.42 Å². The van der Waals surface area contributed by atoms with Gasteiger partial charge in [0.05, 0.1) is 19.8 Å². The first kappa shape index (κ1) is 15.6. The van der Waals surface area contributed by atoms with Crippen molar-refractivity contribution in [3.63, 3.8) is 0 Å². The molecule has 0 radical (unpaired) electrons. The van der Waals surface area contributed by atoms with Gasteiger partial charge < -0.3 is 14.2 Å². The summed E-state index contributed by atoms with van der Waals surface area (Å²) in [4.78, 5) is -0.332. The van der Waals surface area contributed by atoms with E-state index in [4.69, 9.17) is 14.2 Å². The monoisotopic (exact) mass is 290 g/mol. The van der Waals surface area contributed by atoms with E-state index in [-0.39, 0.29) is 23.0 Å². The number of hydrogen-bond donors (Lipinski definition) is 1. The molecule has 19 heavy (non-hydrogen) atoms. The molecule has 0 saturated carbocycles. The van der Waals surface area contributed by atoms with Gasteiger partial charge in [-0.1, -0.05) is 0 Å². The van der Waals surface area contributed by atoms with Gasteiger partial charge in [0.1, 0.15) is 4.90 Å². The average molecular weight is 290 g/mol. The summed E-state index contributed by atoms with van der Waals surface area (Å²) in [6.45, 7) is 6.21. The first-order chi connectivity index (χ1) is 8.95. The van der Waals surface area contributed by atoms with Gasteiger partial charge in [-0.15, -0.1) is 0 Å². The van der Waals surface area contributed by atoms with Gasteiger partial charge in [0.2, 0.25) is 5.75 Å². The quantitative estimate of drug-likeness (QED) is 0.775. The zero-order chi connectivity index (χ0) is 14.5. The van der Waals surface area contributed by atoms with E-state index >= 15 is 0 Å². The van der Waals surface area contributed by atoms with Crippen LogP contribution in [0, 0.1) is 0 Å². The van der Waals surface area contributed by atoms with E-state index in [1.807, 2.05) is 0 Å². The third-order valence-electron chi connectivity index (χ3n) is 2.19. The van der Waals surface area contributed by atoms with Crippen LogP contribution in [0.5, 0.6) is 17.2 Å². The molecule has 1 aromatic rings. The fourth-order valence-corrected chi connectivity index (χ4v) is 2.19. The van der Waals surface area contributed by atoms with E-state index in [0.29, 0.717) is 19.0 Å². The number of hydrogen-bond acceptors (Lipinski definition) is 5. The molecule has 0 unspecified atom stereocenters. The van der Waals surface area contributed by atoms with Crippen LogP contribution in [-0.2, 0) is 10.1 Å². The van der Waals surface area contributed by atoms with Gasteiger partial charge in [0.25, 0.3) is 10.1 Å². The van der Waals surface area contributed by atoms with Crippen LogP contribution in [0.25, 0.3) is 0 Å². The number of rotatable bonds is 7. The molecular weight excluding hydrogens is 272 g/mol.